The lowest BCUT2D eigenvalue weighted by atomic mass is 9.85. The van der Waals surface area contributed by atoms with Crippen molar-refractivity contribution in [2.24, 2.45) is 5.92 Å². The number of ketones is 1. The van der Waals surface area contributed by atoms with Crippen molar-refractivity contribution in [1.82, 2.24) is 0 Å². The van der Waals surface area contributed by atoms with Gasteiger partial charge in [0, 0.05) is 16.8 Å². The van der Waals surface area contributed by atoms with Crippen molar-refractivity contribution in [3.05, 3.63) is 65.7 Å². The van der Waals surface area contributed by atoms with E-state index in [9.17, 15) is 14.4 Å². The van der Waals surface area contributed by atoms with Gasteiger partial charge in [0.15, 0.2) is 5.78 Å². The van der Waals surface area contributed by atoms with Gasteiger partial charge in [0.2, 0.25) is 6.10 Å². The molecule has 2 aromatic rings. The first-order valence-corrected chi connectivity index (χ1v) is 8.72. The minimum absolute atomic E-state index is 0.0860. The van der Waals surface area contributed by atoms with E-state index in [0.29, 0.717) is 16.8 Å². The fourth-order valence-electron chi connectivity index (χ4n) is 2.78. The third-order valence-corrected chi connectivity index (χ3v) is 4.55. The van der Waals surface area contributed by atoms with Gasteiger partial charge in [-0.05, 0) is 31.9 Å². The average Bonchev–Trinajstić information content (AvgIpc) is 2.59. The number of Topliss-reactive ketones (excluding diaryl/α,β-unsaturated/α-hetero) is 1. The number of ether oxygens (including phenoxy) is 1. The highest BCUT2D eigenvalue weighted by atomic mass is 16.5. The molecule has 0 aliphatic heterocycles. The highest BCUT2D eigenvalue weighted by molar-refractivity contribution is 5.99. The summed E-state index contributed by atoms with van der Waals surface area (Å²) in [5.41, 5.74) is 1.61. The number of hydrogen-bond acceptors (Lipinski definition) is 4. The Balaban J connectivity index is 1.79. The van der Waals surface area contributed by atoms with E-state index < -0.39 is 12.0 Å². The molecular weight excluding hydrogens is 330 g/mol. The zero-order chi connectivity index (χ0) is 18.5. The molecular formula is C21H21NO4. The van der Waals surface area contributed by atoms with Gasteiger partial charge >= 0.3 is 5.97 Å². The standard InChI is InChI=1S/C21H21NO4/c1-14(23)17-11-6-12-18(13-17)22-20(24)19(15-7-3-2-4-8-15)26-21(25)16-9-5-10-16/h2-4,6-8,11-13,16,19H,5,9-10H2,1H3,(H,22,24). The molecule has 1 unspecified atom stereocenters. The summed E-state index contributed by atoms with van der Waals surface area (Å²) in [4.78, 5) is 36.6. The Labute approximate surface area is 152 Å². The first-order valence-electron chi connectivity index (χ1n) is 8.72. The summed E-state index contributed by atoms with van der Waals surface area (Å²) in [6.07, 6.45) is 1.61. The number of benzene rings is 2. The quantitative estimate of drug-likeness (QED) is 0.632. The second kappa shape index (κ2) is 7.95. The van der Waals surface area contributed by atoms with Gasteiger partial charge in [-0.25, -0.2) is 0 Å². The van der Waals surface area contributed by atoms with Crippen LogP contribution in [0.25, 0.3) is 0 Å². The van der Waals surface area contributed by atoms with Crippen molar-refractivity contribution in [1.29, 1.82) is 0 Å². The van der Waals surface area contributed by atoms with Crippen LogP contribution in [0.4, 0.5) is 5.69 Å². The number of carbonyl (C=O) groups is 3. The minimum atomic E-state index is -1.02. The van der Waals surface area contributed by atoms with Gasteiger partial charge in [-0.15, -0.1) is 0 Å². The van der Waals surface area contributed by atoms with E-state index in [4.69, 9.17) is 4.74 Å². The highest BCUT2D eigenvalue weighted by Gasteiger charge is 2.32. The maximum absolute atomic E-state index is 12.8. The summed E-state index contributed by atoms with van der Waals surface area (Å²) in [6.45, 7) is 1.47. The van der Waals surface area contributed by atoms with Crippen molar-refractivity contribution in [2.45, 2.75) is 32.3 Å². The lowest BCUT2D eigenvalue weighted by Gasteiger charge is -2.26. The predicted molar refractivity (Wildman–Crippen MR) is 97.7 cm³/mol. The molecule has 0 heterocycles. The maximum atomic E-state index is 12.8. The second-order valence-corrected chi connectivity index (χ2v) is 6.48. The molecule has 3 rings (SSSR count). The molecule has 0 aromatic heterocycles. The van der Waals surface area contributed by atoms with Gasteiger partial charge in [0.1, 0.15) is 0 Å². The summed E-state index contributed by atoms with van der Waals surface area (Å²) in [6, 6.07) is 15.6. The molecule has 0 saturated heterocycles. The number of nitrogens with one attached hydrogen (secondary N) is 1. The van der Waals surface area contributed by atoms with Gasteiger partial charge in [0.25, 0.3) is 5.91 Å². The van der Waals surface area contributed by atoms with Crippen LogP contribution < -0.4 is 5.32 Å². The first kappa shape index (κ1) is 17.9. The molecule has 1 N–H and O–H groups in total. The van der Waals surface area contributed by atoms with Gasteiger partial charge < -0.3 is 10.1 Å². The lowest BCUT2D eigenvalue weighted by Crippen LogP contribution is -2.31. The number of rotatable bonds is 6. The Morgan fingerprint density at radius 3 is 2.38 bits per heavy atom. The fraction of sp³-hybridized carbons (Fsp3) is 0.286. The molecule has 26 heavy (non-hydrogen) atoms. The van der Waals surface area contributed by atoms with Gasteiger partial charge in [0.05, 0.1) is 5.92 Å². The van der Waals surface area contributed by atoms with E-state index in [-0.39, 0.29) is 17.7 Å². The third kappa shape index (κ3) is 4.17. The number of carbonyl (C=O) groups excluding carboxylic acids is 3. The molecule has 5 heteroatoms. The van der Waals surface area contributed by atoms with Crippen LogP contribution in [-0.4, -0.2) is 17.7 Å². The molecule has 1 fully saturated rings. The number of amides is 1. The van der Waals surface area contributed by atoms with Crippen LogP contribution in [0.3, 0.4) is 0 Å². The molecule has 1 saturated carbocycles. The zero-order valence-electron chi connectivity index (χ0n) is 14.6. The summed E-state index contributed by atoms with van der Waals surface area (Å²) in [5.74, 6) is -0.977. The molecule has 1 amide bonds. The Kier molecular flexibility index (Phi) is 5.46. The Hall–Kier alpha value is -2.95. The van der Waals surface area contributed by atoms with Crippen LogP contribution in [0.15, 0.2) is 54.6 Å². The summed E-state index contributed by atoms with van der Waals surface area (Å²) in [5, 5.41) is 2.75. The van der Waals surface area contributed by atoms with Crippen LogP contribution in [0.1, 0.15) is 48.2 Å². The van der Waals surface area contributed by atoms with Crippen LogP contribution in [0.5, 0.6) is 0 Å². The van der Waals surface area contributed by atoms with Crippen molar-refractivity contribution in [3.63, 3.8) is 0 Å². The Morgan fingerprint density at radius 1 is 1.04 bits per heavy atom. The van der Waals surface area contributed by atoms with Crippen LogP contribution in [0, 0.1) is 5.92 Å². The Morgan fingerprint density at radius 2 is 1.77 bits per heavy atom. The zero-order valence-corrected chi connectivity index (χ0v) is 14.6. The molecule has 5 nitrogen and oxygen atoms in total. The van der Waals surface area contributed by atoms with Crippen LogP contribution in [-0.2, 0) is 14.3 Å². The molecule has 0 spiro atoms. The highest BCUT2D eigenvalue weighted by Crippen LogP contribution is 2.30. The molecule has 0 radical (unpaired) electrons. The van der Waals surface area contributed by atoms with E-state index >= 15 is 0 Å². The lowest BCUT2D eigenvalue weighted by molar-refractivity contribution is -0.161. The largest absolute Gasteiger partial charge is 0.447 e. The smallest absolute Gasteiger partial charge is 0.310 e. The minimum Gasteiger partial charge on any atom is -0.447 e. The van der Waals surface area contributed by atoms with E-state index in [1.165, 1.54) is 6.92 Å². The van der Waals surface area contributed by atoms with Gasteiger partial charge in [-0.3, -0.25) is 14.4 Å². The molecule has 1 aliphatic rings. The molecule has 1 atom stereocenters. The number of hydrogen-bond donors (Lipinski definition) is 1. The van der Waals surface area contributed by atoms with Crippen molar-refractivity contribution in [2.75, 3.05) is 5.32 Å². The summed E-state index contributed by atoms with van der Waals surface area (Å²) in [7, 11) is 0. The van der Waals surface area contributed by atoms with Gasteiger partial charge in [-0.2, -0.15) is 0 Å². The fourth-order valence-corrected chi connectivity index (χ4v) is 2.78. The van der Waals surface area contributed by atoms with Gasteiger partial charge in [-0.1, -0.05) is 48.9 Å². The monoisotopic (exact) mass is 351 g/mol. The topological polar surface area (TPSA) is 72.5 Å². The predicted octanol–water partition coefficient (Wildman–Crippen LogP) is 3.91. The number of anilines is 1. The normalized spacial score (nSPS) is 14.8. The van der Waals surface area contributed by atoms with E-state index in [0.717, 1.165) is 19.3 Å². The maximum Gasteiger partial charge on any atom is 0.310 e. The van der Waals surface area contributed by atoms with E-state index in [1.54, 1.807) is 48.5 Å². The second-order valence-electron chi connectivity index (χ2n) is 6.48. The van der Waals surface area contributed by atoms with Crippen molar-refractivity contribution >= 4 is 23.3 Å². The van der Waals surface area contributed by atoms with Crippen molar-refractivity contribution < 1.29 is 19.1 Å². The molecule has 1 aliphatic carbocycles. The average molecular weight is 351 g/mol. The van der Waals surface area contributed by atoms with Crippen molar-refractivity contribution in [3.8, 4) is 0 Å². The number of esters is 1. The summed E-state index contributed by atoms with van der Waals surface area (Å²) < 4.78 is 5.53. The SMILES string of the molecule is CC(=O)c1cccc(NC(=O)C(OC(=O)C2CCC2)c2ccccc2)c1. The van der Waals surface area contributed by atoms with Crippen LogP contribution in [0.2, 0.25) is 0 Å². The first-order chi connectivity index (χ1) is 12.5. The molecule has 134 valence electrons. The van der Waals surface area contributed by atoms with E-state index in [2.05, 4.69) is 5.32 Å². The van der Waals surface area contributed by atoms with Crippen LogP contribution >= 0.6 is 0 Å². The molecule has 0 bridgehead atoms. The van der Waals surface area contributed by atoms with E-state index in [1.807, 2.05) is 6.07 Å². The summed E-state index contributed by atoms with van der Waals surface area (Å²) >= 11 is 0. The Bertz CT molecular complexity index is 812. The molecule has 2 aromatic carbocycles. The third-order valence-electron chi connectivity index (χ3n) is 4.55.